The van der Waals surface area contributed by atoms with Crippen molar-refractivity contribution in [3.63, 3.8) is 0 Å². The van der Waals surface area contributed by atoms with E-state index in [4.69, 9.17) is 4.74 Å². The van der Waals surface area contributed by atoms with E-state index in [2.05, 4.69) is 20.4 Å². The molecule has 12 heteroatoms. The molecule has 0 atom stereocenters. The number of methoxy groups -OCH3 is 1. The zero-order valence-corrected chi connectivity index (χ0v) is 20.6. The van der Waals surface area contributed by atoms with E-state index in [1.165, 1.54) is 24.3 Å². The first-order valence-electron chi connectivity index (χ1n) is 11.5. The number of pyridine rings is 1. The molecule has 1 aliphatic rings. The number of likely N-dealkylation sites (N-methyl/N-ethyl adjacent to an activating group) is 1. The smallest absolute Gasteiger partial charge is 0.409 e. The minimum Gasteiger partial charge on any atom is -0.453 e. The Kier molecular flexibility index (Phi) is 9.39. The highest BCUT2D eigenvalue weighted by atomic mass is 19.1. The van der Waals surface area contributed by atoms with Crippen molar-refractivity contribution in [1.29, 1.82) is 0 Å². The van der Waals surface area contributed by atoms with Crippen LogP contribution in [-0.4, -0.2) is 91.4 Å². The maximum absolute atomic E-state index is 15.1. The molecule has 3 rings (SSSR count). The van der Waals surface area contributed by atoms with Gasteiger partial charge in [0.25, 0.3) is 0 Å². The van der Waals surface area contributed by atoms with Gasteiger partial charge in [0.15, 0.2) is 5.82 Å². The Morgan fingerprint density at radius 1 is 1.11 bits per heavy atom. The third kappa shape index (κ3) is 7.54. The number of carbonyl (C=O) groups is 3. The molecule has 0 radical (unpaired) electrons. The highest BCUT2D eigenvalue weighted by Gasteiger charge is 2.23. The highest BCUT2D eigenvalue weighted by Crippen LogP contribution is 2.21. The first kappa shape index (κ1) is 26.7. The van der Waals surface area contributed by atoms with Gasteiger partial charge >= 0.3 is 18.2 Å². The molecule has 0 spiro atoms. The third-order valence-electron chi connectivity index (χ3n) is 5.66. The van der Waals surface area contributed by atoms with Crippen LogP contribution in [0.1, 0.15) is 11.3 Å². The van der Waals surface area contributed by atoms with Gasteiger partial charge in [-0.05, 0) is 25.1 Å². The summed E-state index contributed by atoms with van der Waals surface area (Å²) >= 11 is 0. The van der Waals surface area contributed by atoms with Gasteiger partial charge in [0.1, 0.15) is 6.61 Å². The number of piperazine rings is 1. The van der Waals surface area contributed by atoms with Crippen LogP contribution in [0.2, 0.25) is 0 Å². The summed E-state index contributed by atoms with van der Waals surface area (Å²) in [4.78, 5) is 44.9. The molecule has 36 heavy (non-hydrogen) atoms. The van der Waals surface area contributed by atoms with Gasteiger partial charge in [0, 0.05) is 51.0 Å². The molecule has 0 unspecified atom stereocenters. The summed E-state index contributed by atoms with van der Waals surface area (Å²) in [5, 5.41) is 5.16. The van der Waals surface area contributed by atoms with Gasteiger partial charge in [-0.25, -0.2) is 18.8 Å². The van der Waals surface area contributed by atoms with Gasteiger partial charge in [-0.2, -0.15) is 0 Å². The molecule has 1 aromatic carbocycles. The lowest BCUT2D eigenvalue weighted by Crippen LogP contribution is -2.48. The number of nitrogens with zero attached hydrogens (tertiary/aromatic N) is 4. The van der Waals surface area contributed by atoms with Gasteiger partial charge < -0.3 is 29.9 Å². The van der Waals surface area contributed by atoms with E-state index in [1.807, 2.05) is 11.8 Å². The summed E-state index contributed by atoms with van der Waals surface area (Å²) < 4.78 is 24.9. The van der Waals surface area contributed by atoms with Gasteiger partial charge in [0.05, 0.1) is 31.2 Å². The van der Waals surface area contributed by atoms with E-state index in [0.29, 0.717) is 44.0 Å². The van der Waals surface area contributed by atoms with Crippen molar-refractivity contribution in [2.75, 3.05) is 64.1 Å². The van der Waals surface area contributed by atoms with Crippen LogP contribution in [0.5, 0.6) is 0 Å². The molecule has 1 saturated heterocycles. The largest absolute Gasteiger partial charge is 0.453 e. The normalized spacial score (nSPS) is 13.6. The Morgan fingerprint density at radius 3 is 2.53 bits per heavy atom. The van der Waals surface area contributed by atoms with E-state index in [9.17, 15) is 14.4 Å². The summed E-state index contributed by atoms with van der Waals surface area (Å²) in [6.45, 7) is 4.38. The zero-order chi connectivity index (χ0) is 26.1. The molecular weight excluding hydrogens is 471 g/mol. The molecule has 1 aliphatic heterocycles. The maximum Gasteiger partial charge on any atom is 0.409 e. The Bertz CT molecular complexity index is 1060. The molecule has 0 bridgehead atoms. The van der Waals surface area contributed by atoms with Gasteiger partial charge in [-0.15, -0.1) is 0 Å². The summed E-state index contributed by atoms with van der Waals surface area (Å²) in [5.74, 6) is -0.508. The second-order valence-electron chi connectivity index (χ2n) is 8.32. The molecule has 2 heterocycles. The molecule has 11 nitrogen and oxygen atoms in total. The Hall–Kier alpha value is -3.93. The first-order chi connectivity index (χ1) is 17.3. The van der Waals surface area contributed by atoms with Gasteiger partial charge in [-0.3, -0.25) is 9.88 Å². The van der Waals surface area contributed by atoms with Crippen LogP contribution >= 0.6 is 0 Å². The van der Waals surface area contributed by atoms with Crippen LogP contribution in [-0.2, 0) is 16.0 Å². The molecule has 2 aromatic rings. The number of aryl methyl sites for hydroxylation is 1. The molecule has 0 saturated carbocycles. The van der Waals surface area contributed by atoms with Crippen molar-refractivity contribution in [2.24, 2.45) is 0 Å². The number of aromatic nitrogens is 1. The van der Waals surface area contributed by atoms with Crippen molar-refractivity contribution < 1.29 is 28.2 Å². The first-order valence-corrected chi connectivity index (χ1v) is 11.5. The second-order valence-corrected chi connectivity index (χ2v) is 8.32. The number of benzene rings is 1. The van der Waals surface area contributed by atoms with Gasteiger partial charge in [-0.1, -0.05) is 12.1 Å². The summed E-state index contributed by atoms with van der Waals surface area (Å²) in [7, 11) is 2.83. The average molecular weight is 503 g/mol. The van der Waals surface area contributed by atoms with E-state index in [-0.39, 0.29) is 18.8 Å². The lowest BCUT2D eigenvalue weighted by Gasteiger charge is -2.34. The maximum atomic E-state index is 15.1. The SMILES string of the molecule is COC(=O)N(C)CCOC(=O)N1CCN(Cc2cccc(NC(=O)Nc3ccc(C)nc3)c2F)CC1. The number of carbonyl (C=O) groups excluding carboxylic acids is 3. The molecule has 2 N–H and O–H groups in total. The second kappa shape index (κ2) is 12.7. The van der Waals surface area contributed by atoms with Crippen molar-refractivity contribution in [3.8, 4) is 0 Å². The van der Waals surface area contributed by atoms with Crippen LogP contribution in [0.3, 0.4) is 0 Å². The third-order valence-corrected chi connectivity index (χ3v) is 5.66. The predicted octanol–water partition coefficient (Wildman–Crippen LogP) is 3.13. The number of ether oxygens (including phenoxy) is 2. The van der Waals surface area contributed by atoms with E-state index in [1.54, 1.807) is 36.2 Å². The monoisotopic (exact) mass is 502 g/mol. The van der Waals surface area contributed by atoms with Gasteiger partial charge in [0.2, 0.25) is 0 Å². The van der Waals surface area contributed by atoms with Crippen LogP contribution < -0.4 is 10.6 Å². The standard InChI is InChI=1S/C24H31FN6O5/c1-17-7-8-19(15-26-17)27-22(32)28-20-6-4-5-18(21(20)25)16-30-9-11-31(12-10-30)24(34)36-14-13-29(2)23(33)35-3/h4-8,15H,9-14,16H2,1-3H3,(H2,27,28,32). The van der Waals surface area contributed by atoms with Crippen LogP contribution in [0.4, 0.5) is 30.1 Å². The average Bonchev–Trinajstić information content (AvgIpc) is 2.87. The molecule has 1 fully saturated rings. The number of amides is 4. The summed E-state index contributed by atoms with van der Waals surface area (Å²) in [6.07, 6.45) is 0.563. The van der Waals surface area contributed by atoms with Crippen molar-refractivity contribution in [3.05, 3.63) is 53.6 Å². The molecular formula is C24H31FN6O5. The minimum absolute atomic E-state index is 0.0592. The number of hydrogen-bond donors (Lipinski definition) is 2. The fourth-order valence-electron chi connectivity index (χ4n) is 3.56. The number of urea groups is 1. The Morgan fingerprint density at radius 2 is 1.86 bits per heavy atom. The number of anilines is 2. The van der Waals surface area contributed by atoms with Crippen molar-refractivity contribution in [2.45, 2.75) is 13.5 Å². The highest BCUT2D eigenvalue weighted by molar-refractivity contribution is 5.99. The summed E-state index contributed by atoms with van der Waals surface area (Å²) in [6, 6.07) is 7.75. The molecule has 1 aromatic heterocycles. The van der Waals surface area contributed by atoms with Crippen LogP contribution in [0.25, 0.3) is 0 Å². The zero-order valence-electron chi connectivity index (χ0n) is 20.6. The molecule has 4 amide bonds. The Balaban J connectivity index is 1.46. The fourth-order valence-corrected chi connectivity index (χ4v) is 3.56. The lowest BCUT2D eigenvalue weighted by molar-refractivity contribution is 0.0666. The van der Waals surface area contributed by atoms with E-state index >= 15 is 4.39 Å². The lowest BCUT2D eigenvalue weighted by atomic mass is 10.1. The fraction of sp³-hybridized carbons (Fsp3) is 0.417. The van der Waals surface area contributed by atoms with Crippen LogP contribution in [0, 0.1) is 12.7 Å². The van der Waals surface area contributed by atoms with Crippen molar-refractivity contribution >= 4 is 29.6 Å². The molecule has 0 aliphatic carbocycles. The quantitative estimate of drug-likeness (QED) is 0.598. The number of hydrogen-bond acceptors (Lipinski definition) is 7. The number of nitrogens with one attached hydrogen (secondary N) is 2. The van der Waals surface area contributed by atoms with Crippen LogP contribution in [0.15, 0.2) is 36.5 Å². The van der Waals surface area contributed by atoms with Crippen molar-refractivity contribution in [1.82, 2.24) is 19.7 Å². The minimum atomic E-state index is -0.568. The topological polar surface area (TPSA) is 116 Å². The predicted molar refractivity (Wildman–Crippen MR) is 131 cm³/mol. The molecule has 194 valence electrons. The summed E-state index contributed by atoms with van der Waals surface area (Å²) in [5.41, 5.74) is 1.83. The van der Waals surface area contributed by atoms with E-state index < -0.39 is 24.0 Å². The van der Waals surface area contributed by atoms with E-state index in [0.717, 1.165) is 5.69 Å². The Labute approximate surface area is 209 Å². The number of halogens is 1. The number of rotatable bonds is 7.